The van der Waals surface area contributed by atoms with Gasteiger partial charge in [0.25, 0.3) is 0 Å². The van der Waals surface area contributed by atoms with Gasteiger partial charge in [0.2, 0.25) is 5.91 Å². The molecule has 0 saturated carbocycles. The second-order valence-electron chi connectivity index (χ2n) is 3.46. The fourth-order valence-electron chi connectivity index (χ4n) is 1.37. The SMILES string of the molecule is N#Cc1ccc(NC(=O)Cc2ccc[nH]2)nc1. The lowest BCUT2D eigenvalue weighted by molar-refractivity contribution is -0.115. The van der Waals surface area contributed by atoms with Crippen LogP contribution >= 0.6 is 0 Å². The number of nitrogens with one attached hydrogen (secondary N) is 2. The first kappa shape index (κ1) is 10.9. The van der Waals surface area contributed by atoms with E-state index >= 15 is 0 Å². The van der Waals surface area contributed by atoms with Crippen LogP contribution in [-0.4, -0.2) is 15.9 Å². The Morgan fingerprint density at radius 3 is 2.94 bits per heavy atom. The van der Waals surface area contributed by atoms with Gasteiger partial charge in [0.1, 0.15) is 11.9 Å². The first-order chi connectivity index (χ1) is 8.28. The number of carbonyl (C=O) groups is 1. The van der Waals surface area contributed by atoms with Crippen molar-refractivity contribution in [3.8, 4) is 6.07 Å². The number of aromatic amines is 1. The maximum Gasteiger partial charge on any atom is 0.231 e. The number of nitrogens with zero attached hydrogens (tertiary/aromatic N) is 2. The minimum atomic E-state index is -0.148. The lowest BCUT2D eigenvalue weighted by Crippen LogP contribution is -2.15. The summed E-state index contributed by atoms with van der Waals surface area (Å²) < 4.78 is 0. The van der Waals surface area contributed by atoms with E-state index in [9.17, 15) is 4.79 Å². The number of amides is 1. The summed E-state index contributed by atoms with van der Waals surface area (Å²) >= 11 is 0. The standard InChI is InChI=1S/C12H10N4O/c13-7-9-3-4-11(15-8-9)16-12(17)6-10-2-1-5-14-10/h1-5,8,14H,6H2,(H,15,16,17). The van der Waals surface area contributed by atoms with Gasteiger partial charge in [0, 0.05) is 18.1 Å². The predicted octanol–water partition coefficient (Wildman–Crippen LogP) is 1.46. The molecule has 0 aliphatic heterocycles. The van der Waals surface area contributed by atoms with Crippen LogP contribution in [0.3, 0.4) is 0 Å². The van der Waals surface area contributed by atoms with Gasteiger partial charge in [-0.1, -0.05) is 0 Å². The van der Waals surface area contributed by atoms with Crippen molar-refractivity contribution in [2.24, 2.45) is 0 Å². The first-order valence-corrected chi connectivity index (χ1v) is 5.06. The van der Waals surface area contributed by atoms with Crippen molar-refractivity contribution in [1.82, 2.24) is 9.97 Å². The molecular weight excluding hydrogens is 216 g/mol. The second kappa shape index (κ2) is 4.94. The number of anilines is 1. The van der Waals surface area contributed by atoms with Crippen LogP contribution < -0.4 is 5.32 Å². The summed E-state index contributed by atoms with van der Waals surface area (Å²) in [6.07, 6.45) is 3.46. The van der Waals surface area contributed by atoms with E-state index in [4.69, 9.17) is 5.26 Å². The number of rotatable bonds is 3. The molecule has 84 valence electrons. The Morgan fingerprint density at radius 1 is 1.47 bits per heavy atom. The number of nitriles is 1. The molecule has 1 amide bonds. The number of hydrogen-bond donors (Lipinski definition) is 2. The topological polar surface area (TPSA) is 81.6 Å². The molecule has 0 unspecified atom stereocenters. The van der Waals surface area contributed by atoms with Crippen LogP contribution in [0.15, 0.2) is 36.7 Å². The molecule has 0 aliphatic carbocycles. The van der Waals surface area contributed by atoms with Gasteiger partial charge in [-0.05, 0) is 24.3 Å². The zero-order valence-electron chi connectivity index (χ0n) is 8.97. The second-order valence-corrected chi connectivity index (χ2v) is 3.46. The van der Waals surface area contributed by atoms with Crippen molar-refractivity contribution in [2.75, 3.05) is 5.32 Å². The zero-order chi connectivity index (χ0) is 12.1. The Balaban J connectivity index is 1.96. The van der Waals surface area contributed by atoms with E-state index in [1.54, 1.807) is 18.3 Å². The van der Waals surface area contributed by atoms with Gasteiger partial charge in [-0.15, -0.1) is 0 Å². The molecule has 0 saturated heterocycles. The lowest BCUT2D eigenvalue weighted by atomic mass is 10.3. The fourth-order valence-corrected chi connectivity index (χ4v) is 1.37. The largest absolute Gasteiger partial charge is 0.365 e. The molecule has 2 aromatic heterocycles. The van der Waals surface area contributed by atoms with Crippen molar-refractivity contribution in [1.29, 1.82) is 5.26 Å². The monoisotopic (exact) mass is 226 g/mol. The third kappa shape index (κ3) is 2.92. The van der Waals surface area contributed by atoms with Crippen molar-refractivity contribution < 1.29 is 4.79 Å². The van der Waals surface area contributed by atoms with Crippen molar-refractivity contribution in [3.63, 3.8) is 0 Å². The molecule has 2 heterocycles. The highest BCUT2D eigenvalue weighted by molar-refractivity contribution is 5.91. The van der Waals surface area contributed by atoms with Gasteiger partial charge in [0.05, 0.1) is 12.0 Å². The zero-order valence-corrected chi connectivity index (χ0v) is 8.97. The maximum atomic E-state index is 11.6. The molecule has 0 spiro atoms. The summed E-state index contributed by atoms with van der Waals surface area (Å²) in [5.41, 5.74) is 1.31. The van der Waals surface area contributed by atoms with Gasteiger partial charge >= 0.3 is 0 Å². The highest BCUT2D eigenvalue weighted by Gasteiger charge is 2.05. The molecule has 0 aliphatic rings. The first-order valence-electron chi connectivity index (χ1n) is 5.06. The summed E-state index contributed by atoms with van der Waals surface area (Å²) in [5, 5.41) is 11.3. The smallest absolute Gasteiger partial charge is 0.231 e. The van der Waals surface area contributed by atoms with E-state index in [-0.39, 0.29) is 12.3 Å². The van der Waals surface area contributed by atoms with Crippen molar-refractivity contribution in [2.45, 2.75) is 6.42 Å². The van der Waals surface area contributed by atoms with Crippen LogP contribution in [0, 0.1) is 11.3 Å². The number of hydrogen-bond acceptors (Lipinski definition) is 3. The minimum absolute atomic E-state index is 0.148. The number of pyridine rings is 1. The van der Waals surface area contributed by atoms with Gasteiger partial charge in [0.15, 0.2) is 0 Å². The summed E-state index contributed by atoms with van der Waals surface area (Å²) in [7, 11) is 0. The molecule has 2 N–H and O–H groups in total. The highest BCUT2D eigenvalue weighted by Crippen LogP contribution is 2.05. The summed E-state index contributed by atoms with van der Waals surface area (Å²) in [6, 6.07) is 8.85. The number of carbonyl (C=O) groups excluding carboxylic acids is 1. The van der Waals surface area contributed by atoms with E-state index < -0.39 is 0 Å². The van der Waals surface area contributed by atoms with Crippen LogP contribution in [0.1, 0.15) is 11.3 Å². The molecule has 0 fully saturated rings. The number of aromatic nitrogens is 2. The van der Waals surface area contributed by atoms with Gasteiger partial charge in [-0.3, -0.25) is 4.79 Å². The van der Waals surface area contributed by atoms with Crippen LogP contribution in [0.2, 0.25) is 0 Å². The fraction of sp³-hybridized carbons (Fsp3) is 0.0833. The minimum Gasteiger partial charge on any atom is -0.365 e. The Labute approximate surface area is 98.1 Å². The molecule has 0 atom stereocenters. The molecule has 5 nitrogen and oxygen atoms in total. The van der Waals surface area contributed by atoms with E-state index in [1.807, 2.05) is 18.2 Å². The third-order valence-electron chi connectivity index (χ3n) is 2.17. The molecule has 0 bridgehead atoms. The van der Waals surface area contributed by atoms with Crippen LogP contribution in [-0.2, 0) is 11.2 Å². The summed E-state index contributed by atoms with van der Waals surface area (Å²) in [5.74, 6) is 0.296. The van der Waals surface area contributed by atoms with Gasteiger partial charge in [-0.2, -0.15) is 5.26 Å². The molecule has 17 heavy (non-hydrogen) atoms. The molecule has 5 heteroatoms. The molecule has 0 radical (unpaired) electrons. The Kier molecular flexibility index (Phi) is 3.17. The summed E-state index contributed by atoms with van der Waals surface area (Å²) in [6.45, 7) is 0. The maximum absolute atomic E-state index is 11.6. The van der Waals surface area contributed by atoms with E-state index in [2.05, 4.69) is 15.3 Å². The van der Waals surface area contributed by atoms with E-state index in [0.29, 0.717) is 11.4 Å². The lowest BCUT2D eigenvalue weighted by Gasteiger charge is -2.02. The van der Waals surface area contributed by atoms with Gasteiger partial charge in [-0.25, -0.2) is 4.98 Å². The Hall–Kier alpha value is -2.61. The Morgan fingerprint density at radius 2 is 2.35 bits per heavy atom. The average Bonchev–Trinajstić information content (AvgIpc) is 2.82. The van der Waals surface area contributed by atoms with Crippen molar-refractivity contribution in [3.05, 3.63) is 47.9 Å². The predicted molar refractivity (Wildman–Crippen MR) is 62.1 cm³/mol. The third-order valence-corrected chi connectivity index (χ3v) is 2.17. The van der Waals surface area contributed by atoms with Crippen molar-refractivity contribution >= 4 is 11.7 Å². The number of H-pyrrole nitrogens is 1. The highest BCUT2D eigenvalue weighted by atomic mass is 16.1. The summed E-state index contributed by atoms with van der Waals surface area (Å²) in [4.78, 5) is 18.5. The molecular formula is C12H10N4O. The molecule has 2 rings (SSSR count). The van der Waals surface area contributed by atoms with Crippen LogP contribution in [0.5, 0.6) is 0 Å². The Bertz CT molecular complexity index is 537. The van der Waals surface area contributed by atoms with Gasteiger partial charge < -0.3 is 10.3 Å². The van der Waals surface area contributed by atoms with E-state index in [0.717, 1.165) is 5.69 Å². The van der Waals surface area contributed by atoms with Crippen LogP contribution in [0.4, 0.5) is 5.82 Å². The average molecular weight is 226 g/mol. The van der Waals surface area contributed by atoms with E-state index in [1.165, 1.54) is 6.20 Å². The molecule has 2 aromatic rings. The normalized spacial score (nSPS) is 9.59. The molecule has 0 aromatic carbocycles. The van der Waals surface area contributed by atoms with Crippen LogP contribution in [0.25, 0.3) is 0 Å². The quantitative estimate of drug-likeness (QED) is 0.831.